The van der Waals surface area contributed by atoms with Crippen molar-refractivity contribution in [3.05, 3.63) is 23.0 Å². The van der Waals surface area contributed by atoms with E-state index in [2.05, 4.69) is 24.5 Å². The van der Waals surface area contributed by atoms with Crippen LogP contribution in [0.3, 0.4) is 0 Å². The van der Waals surface area contributed by atoms with Gasteiger partial charge in [0.2, 0.25) is 0 Å². The summed E-state index contributed by atoms with van der Waals surface area (Å²) in [6.07, 6.45) is 6.92. The van der Waals surface area contributed by atoms with Crippen LogP contribution in [0.2, 0.25) is 0 Å². The number of carbonyl (C=O) groups is 1. The quantitative estimate of drug-likeness (QED) is 0.763. The first-order valence-electron chi connectivity index (χ1n) is 6.81. The lowest BCUT2D eigenvalue weighted by atomic mass is 9.70. The smallest absolute Gasteiger partial charge is 0.164 e. The molecule has 2 aliphatic rings. The normalized spacial score (nSPS) is 22.1. The Morgan fingerprint density at radius 3 is 2.71 bits per heavy atom. The molecule has 3 rings (SSSR count). The summed E-state index contributed by atoms with van der Waals surface area (Å²) < 4.78 is 2.42. The highest BCUT2D eigenvalue weighted by atomic mass is 16.1. The van der Waals surface area contributed by atoms with Gasteiger partial charge in [0.15, 0.2) is 5.78 Å². The zero-order chi connectivity index (χ0) is 12.0. The fraction of sp³-hybridized carbons (Fsp3) is 0.667. The van der Waals surface area contributed by atoms with Crippen molar-refractivity contribution in [2.24, 2.45) is 5.41 Å². The number of carbonyl (C=O) groups excluding carboxylic acids is 1. The minimum Gasteiger partial charge on any atom is -0.348 e. The van der Waals surface area contributed by atoms with Crippen LogP contribution in [0.15, 0.2) is 6.07 Å². The Morgan fingerprint density at radius 2 is 2.06 bits per heavy atom. The Morgan fingerprint density at radius 1 is 1.29 bits per heavy atom. The molecule has 0 bridgehead atoms. The van der Waals surface area contributed by atoms with Gasteiger partial charge in [-0.3, -0.25) is 4.79 Å². The number of aryl methyl sites for hydroxylation is 1. The van der Waals surface area contributed by atoms with E-state index in [-0.39, 0.29) is 0 Å². The van der Waals surface area contributed by atoms with Crippen molar-refractivity contribution >= 4 is 5.78 Å². The molecule has 0 spiro atoms. The van der Waals surface area contributed by atoms with Crippen molar-refractivity contribution in [3.8, 4) is 0 Å². The third kappa shape index (κ3) is 1.74. The molecule has 0 N–H and O–H groups in total. The van der Waals surface area contributed by atoms with Crippen molar-refractivity contribution in [2.45, 2.75) is 58.9 Å². The lowest BCUT2D eigenvalue weighted by Crippen LogP contribution is -2.32. The number of ketones is 1. The summed E-state index contributed by atoms with van der Waals surface area (Å²) in [7, 11) is 0. The van der Waals surface area contributed by atoms with E-state index in [0.717, 1.165) is 31.4 Å². The van der Waals surface area contributed by atoms with Gasteiger partial charge in [-0.05, 0) is 44.1 Å². The first-order valence-corrected chi connectivity index (χ1v) is 6.81. The van der Waals surface area contributed by atoms with Crippen molar-refractivity contribution < 1.29 is 4.79 Å². The molecule has 0 radical (unpaired) electrons. The molecule has 0 amide bonds. The molecule has 1 aromatic rings. The Balaban J connectivity index is 1.96. The third-order valence-corrected chi connectivity index (χ3v) is 4.63. The molecule has 2 nitrogen and oxygen atoms in total. The van der Waals surface area contributed by atoms with Crippen LogP contribution in [0, 0.1) is 12.3 Å². The highest BCUT2D eigenvalue weighted by molar-refractivity contribution is 5.98. The number of Topliss-reactive ketones (excluding diaryl/α,β-unsaturated/α-hetero) is 1. The highest BCUT2D eigenvalue weighted by Crippen LogP contribution is 2.42. The standard InChI is InChI=1S/C15H21NO/c1-11-9-12-13(5-3-6-14(12)17)16(11)10-15(2)7-4-8-15/h9H,3-8,10H2,1-2H3. The summed E-state index contributed by atoms with van der Waals surface area (Å²) in [6.45, 7) is 5.64. The second-order valence-corrected chi connectivity index (χ2v) is 6.17. The van der Waals surface area contributed by atoms with Crippen LogP contribution >= 0.6 is 0 Å². The van der Waals surface area contributed by atoms with Crippen molar-refractivity contribution in [1.82, 2.24) is 4.57 Å². The summed E-state index contributed by atoms with van der Waals surface area (Å²) in [5.74, 6) is 0.354. The van der Waals surface area contributed by atoms with E-state index < -0.39 is 0 Å². The van der Waals surface area contributed by atoms with Crippen LogP contribution in [0.1, 0.15) is 60.8 Å². The Kier molecular flexibility index (Phi) is 2.42. The molecular weight excluding hydrogens is 210 g/mol. The maximum absolute atomic E-state index is 11.9. The van der Waals surface area contributed by atoms with Gasteiger partial charge in [0.05, 0.1) is 0 Å². The number of fused-ring (bicyclic) bond motifs is 1. The maximum Gasteiger partial charge on any atom is 0.164 e. The van der Waals surface area contributed by atoms with Gasteiger partial charge >= 0.3 is 0 Å². The molecule has 1 heterocycles. The lowest BCUT2D eigenvalue weighted by Gasteiger charge is -2.39. The molecule has 2 heteroatoms. The van der Waals surface area contributed by atoms with Gasteiger partial charge < -0.3 is 4.57 Å². The number of hydrogen-bond acceptors (Lipinski definition) is 1. The van der Waals surface area contributed by atoms with Gasteiger partial charge in [0, 0.05) is 29.9 Å². The topological polar surface area (TPSA) is 22.0 Å². The number of hydrogen-bond donors (Lipinski definition) is 0. The fourth-order valence-electron chi connectivity index (χ4n) is 3.33. The first-order chi connectivity index (χ1) is 8.09. The van der Waals surface area contributed by atoms with Gasteiger partial charge in [0.1, 0.15) is 0 Å². The molecule has 1 fully saturated rings. The van der Waals surface area contributed by atoms with E-state index in [1.54, 1.807) is 0 Å². The van der Waals surface area contributed by atoms with Crippen molar-refractivity contribution in [2.75, 3.05) is 0 Å². The molecular formula is C15H21NO. The summed E-state index contributed by atoms with van der Waals surface area (Å²) >= 11 is 0. The monoisotopic (exact) mass is 231 g/mol. The average Bonchev–Trinajstić information content (AvgIpc) is 2.56. The van der Waals surface area contributed by atoms with Crippen LogP contribution in [0.5, 0.6) is 0 Å². The van der Waals surface area contributed by atoms with Gasteiger partial charge in [-0.1, -0.05) is 13.3 Å². The van der Waals surface area contributed by atoms with E-state index in [0.29, 0.717) is 11.2 Å². The van der Waals surface area contributed by atoms with Crippen LogP contribution in [0.25, 0.3) is 0 Å². The third-order valence-electron chi connectivity index (χ3n) is 4.63. The maximum atomic E-state index is 11.9. The highest BCUT2D eigenvalue weighted by Gasteiger charge is 2.34. The van der Waals surface area contributed by atoms with Crippen molar-refractivity contribution in [1.29, 1.82) is 0 Å². The second kappa shape index (κ2) is 3.72. The van der Waals surface area contributed by atoms with E-state index in [4.69, 9.17) is 0 Å². The van der Waals surface area contributed by atoms with Crippen LogP contribution in [0.4, 0.5) is 0 Å². The molecule has 0 unspecified atom stereocenters. The summed E-state index contributed by atoms with van der Waals surface area (Å²) in [5.41, 5.74) is 4.08. The van der Waals surface area contributed by atoms with Gasteiger partial charge in [0.25, 0.3) is 0 Å². The largest absolute Gasteiger partial charge is 0.348 e. The predicted molar refractivity (Wildman–Crippen MR) is 68.4 cm³/mol. The fourth-order valence-corrected chi connectivity index (χ4v) is 3.33. The molecule has 17 heavy (non-hydrogen) atoms. The number of nitrogens with zero attached hydrogens (tertiary/aromatic N) is 1. The minimum atomic E-state index is 0.354. The SMILES string of the molecule is Cc1cc2c(n1CC1(C)CCC1)CCCC2=O. The summed E-state index contributed by atoms with van der Waals surface area (Å²) in [6, 6.07) is 2.11. The molecule has 92 valence electrons. The predicted octanol–water partition coefficient (Wildman–Crippen LogP) is 3.51. The number of rotatable bonds is 2. The lowest BCUT2D eigenvalue weighted by molar-refractivity contribution is 0.0968. The Labute approximate surface area is 103 Å². The van der Waals surface area contributed by atoms with Gasteiger partial charge in [-0.15, -0.1) is 0 Å². The molecule has 0 aliphatic heterocycles. The molecule has 0 saturated heterocycles. The molecule has 1 saturated carbocycles. The Hall–Kier alpha value is -1.05. The first kappa shape index (κ1) is 11.1. The zero-order valence-electron chi connectivity index (χ0n) is 10.9. The second-order valence-electron chi connectivity index (χ2n) is 6.17. The molecule has 2 aliphatic carbocycles. The van der Waals surface area contributed by atoms with Crippen LogP contribution < -0.4 is 0 Å². The van der Waals surface area contributed by atoms with Crippen LogP contribution in [-0.4, -0.2) is 10.4 Å². The molecule has 0 aromatic carbocycles. The van der Waals surface area contributed by atoms with Gasteiger partial charge in [-0.2, -0.15) is 0 Å². The summed E-state index contributed by atoms with van der Waals surface area (Å²) in [5, 5.41) is 0. The number of aromatic nitrogens is 1. The van der Waals surface area contributed by atoms with E-state index >= 15 is 0 Å². The molecule has 0 atom stereocenters. The van der Waals surface area contributed by atoms with E-state index in [1.165, 1.54) is 30.7 Å². The Bertz CT molecular complexity index is 466. The van der Waals surface area contributed by atoms with E-state index in [9.17, 15) is 4.79 Å². The molecule has 1 aromatic heterocycles. The van der Waals surface area contributed by atoms with E-state index in [1.807, 2.05) is 0 Å². The summed E-state index contributed by atoms with van der Waals surface area (Å²) in [4.78, 5) is 11.9. The zero-order valence-corrected chi connectivity index (χ0v) is 10.9. The van der Waals surface area contributed by atoms with Gasteiger partial charge in [-0.25, -0.2) is 0 Å². The average molecular weight is 231 g/mol. The van der Waals surface area contributed by atoms with Crippen molar-refractivity contribution in [3.63, 3.8) is 0 Å². The van der Waals surface area contributed by atoms with Crippen LogP contribution in [-0.2, 0) is 13.0 Å². The minimum absolute atomic E-state index is 0.354.